The molecule has 4 nitrogen and oxygen atoms in total. The van der Waals surface area contributed by atoms with E-state index < -0.39 is 6.10 Å². The molecular weight excluding hydrogens is 172 g/mol. The Kier molecular flexibility index (Phi) is 6.54. The van der Waals surface area contributed by atoms with Gasteiger partial charge in [0.25, 0.3) is 0 Å². The highest BCUT2D eigenvalue weighted by Gasteiger charge is 2.16. The molecule has 78 valence electrons. The predicted molar refractivity (Wildman–Crippen MR) is 48.5 cm³/mol. The van der Waals surface area contributed by atoms with Crippen LogP contribution >= 0.6 is 0 Å². The average Bonchev–Trinajstić information content (AvgIpc) is 2.13. The van der Waals surface area contributed by atoms with Crippen LogP contribution in [0.25, 0.3) is 0 Å². The first-order valence-corrected chi connectivity index (χ1v) is 4.42. The fourth-order valence-corrected chi connectivity index (χ4v) is 0.893. The largest absolute Gasteiger partial charge is 0.467 e. The fraction of sp³-hybridized carbons (Fsp3) is 0.889. The Morgan fingerprint density at radius 3 is 2.46 bits per heavy atom. The summed E-state index contributed by atoms with van der Waals surface area (Å²) in [5.74, 6) is -0.358. The van der Waals surface area contributed by atoms with Gasteiger partial charge in [0.15, 0.2) is 6.10 Å². The van der Waals surface area contributed by atoms with Crippen LogP contribution < -0.4 is 0 Å². The highest BCUT2D eigenvalue weighted by atomic mass is 16.6. The third-order valence-electron chi connectivity index (χ3n) is 1.53. The van der Waals surface area contributed by atoms with Gasteiger partial charge in [-0.15, -0.1) is 0 Å². The van der Waals surface area contributed by atoms with Crippen LogP contribution in [0.3, 0.4) is 0 Å². The maximum absolute atomic E-state index is 10.9. The van der Waals surface area contributed by atoms with E-state index in [4.69, 9.17) is 9.47 Å². The van der Waals surface area contributed by atoms with Gasteiger partial charge in [0.2, 0.25) is 0 Å². The molecule has 0 fully saturated rings. The van der Waals surface area contributed by atoms with E-state index in [2.05, 4.69) is 4.74 Å². The number of hydrogen-bond acceptors (Lipinski definition) is 4. The summed E-state index contributed by atoms with van der Waals surface area (Å²) in [6, 6.07) is 0. The van der Waals surface area contributed by atoms with E-state index in [1.807, 2.05) is 13.8 Å². The molecule has 13 heavy (non-hydrogen) atoms. The van der Waals surface area contributed by atoms with Crippen LogP contribution in [0.5, 0.6) is 0 Å². The van der Waals surface area contributed by atoms with Gasteiger partial charge < -0.3 is 14.2 Å². The summed E-state index contributed by atoms with van der Waals surface area (Å²) in [7, 11) is 1.34. The second kappa shape index (κ2) is 6.86. The number of carbonyl (C=O) groups excluding carboxylic acids is 1. The molecule has 0 amide bonds. The average molecular weight is 190 g/mol. The molecule has 0 radical (unpaired) electrons. The minimum atomic E-state index is -0.527. The first-order valence-electron chi connectivity index (χ1n) is 4.42. The maximum atomic E-state index is 10.9. The third kappa shape index (κ3) is 5.60. The maximum Gasteiger partial charge on any atom is 0.334 e. The molecule has 2 unspecified atom stereocenters. The zero-order chi connectivity index (χ0) is 10.3. The van der Waals surface area contributed by atoms with E-state index in [-0.39, 0.29) is 12.1 Å². The van der Waals surface area contributed by atoms with Crippen molar-refractivity contribution in [3.8, 4) is 0 Å². The van der Waals surface area contributed by atoms with Crippen molar-refractivity contribution in [2.45, 2.75) is 33.0 Å². The van der Waals surface area contributed by atoms with E-state index in [9.17, 15) is 4.79 Å². The highest BCUT2D eigenvalue weighted by Crippen LogP contribution is 2.00. The second-order valence-corrected chi connectivity index (χ2v) is 2.77. The highest BCUT2D eigenvalue weighted by molar-refractivity contribution is 5.73. The van der Waals surface area contributed by atoms with Crippen LogP contribution in [0, 0.1) is 0 Å². The van der Waals surface area contributed by atoms with Crippen molar-refractivity contribution in [1.82, 2.24) is 0 Å². The molecule has 0 spiro atoms. The molecule has 0 aromatic heterocycles. The first-order chi connectivity index (χ1) is 6.11. The molecular formula is C9H18O4. The van der Waals surface area contributed by atoms with E-state index in [0.717, 1.165) is 0 Å². The number of methoxy groups -OCH3 is 1. The van der Waals surface area contributed by atoms with Crippen molar-refractivity contribution in [2.75, 3.05) is 20.3 Å². The van der Waals surface area contributed by atoms with Crippen molar-refractivity contribution < 1.29 is 19.0 Å². The Morgan fingerprint density at radius 2 is 2.00 bits per heavy atom. The third-order valence-corrected chi connectivity index (χ3v) is 1.53. The number of carbonyl (C=O) groups is 1. The van der Waals surface area contributed by atoms with E-state index in [1.54, 1.807) is 6.92 Å². The van der Waals surface area contributed by atoms with E-state index >= 15 is 0 Å². The van der Waals surface area contributed by atoms with Crippen LogP contribution in [-0.2, 0) is 19.0 Å². The molecule has 0 aliphatic heterocycles. The normalized spacial score (nSPS) is 15.1. The molecule has 2 atom stereocenters. The predicted octanol–water partition coefficient (Wildman–Crippen LogP) is 0.990. The van der Waals surface area contributed by atoms with Gasteiger partial charge in [-0.05, 0) is 20.8 Å². The number of hydrogen-bond donors (Lipinski definition) is 0. The summed E-state index contributed by atoms with van der Waals surface area (Å²) in [5.41, 5.74) is 0. The van der Waals surface area contributed by atoms with Crippen molar-refractivity contribution in [1.29, 1.82) is 0 Å². The van der Waals surface area contributed by atoms with Crippen LogP contribution in [0.1, 0.15) is 20.8 Å². The van der Waals surface area contributed by atoms with Crippen LogP contribution in [0.2, 0.25) is 0 Å². The van der Waals surface area contributed by atoms with Crippen LogP contribution in [0.4, 0.5) is 0 Å². The van der Waals surface area contributed by atoms with Crippen molar-refractivity contribution >= 4 is 5.97 Å². The van der Waals surface area contributed by atoms with Gasteiger partial charge in [0, 0.05) is 6.61 Å². The number of rotatable bonds is 6. The summed E-state index contributed by atoms with van der Waals surface area (Å²) in [4.78, 5) is 10.9. The summed E-state index contributed by atoms with van der Waals surface area (Å²) in [5, 5.41) is 0. The SMILES string of the molecule is CCOCC(C)OC(C)C(=O)OC. The molecule has 0 aliphatic rings. The lowest BCUT2D eigenvalue weighted by atomic mass is 10.3. The number of ether oxygens (including phenoxy) is 3. The summed E-state index contributed by atoms with van der Waals surface area (Å²) < 4.78 is 15.0. The van der Waals surface area contributed by atoms with Crippen LogP contribution in [-0.4, -0.2) is 38.5 Å². The summed E-state index contributed by atoms with van der Waals surface area (Å²) in [6.45, 7) is 6.58. The molecule has 0 aromatic carbocycles. The quantitative estimate of drug-likeness (QED) is 0.586. The topological polar surface area (TPSA) is 44.8 Å². The molecule has 0 aromatic rings. The Hall–Kier alpha value is -0.610. The van der Waals surface area contributed by atoms with Crippen molar-refractivity contribution in [2.24, 2.45) is 0 Å². The minimum Gasteiger partial charge on any atom is -0.467 e. The lowest BCUT2D eigenvalue weighted by molar-refractivity contribution is -0.157. The molecule has 0 N–H and O–H groups in total. The summed E-state index contributed by atoms with van der Waals surface area (Å²) in [6.07, 6.45) is -0.616. The zero-order valence-electron chi connectivity index (χ0n) is 8.70. The van der Waals surface area contributed by atoms with E-state index in [1.165, 1.54) is 7.11 Å². The molecule has 0 saturated carbocycles. The zero-order valence-corrected chi connectivity index (χ0v) is 8.70. The van der Waals surface area contributed by atoms with Gasteiger partial charge in [-0.2, -0.15) is 0 Å². The lowest BCUT2D eigenvalue weighted by Gasteiger charge is -2.16. The smallest absolute Gasteiger partial charge is 0.334 e. The first kappa shape index (κ1) is 12.4. The van der Waals surface area contributed by atoms with Gasteiger partial charge in [0.05, 0.1) is 19.8 Å². The standard InChI is InChI=1S/C9H18O4/c1-5-12-6-7(2)13-8(3)9(10)11-4/h7-8H,5-6H2,1-4H3. The van der Waals surface area contributed by atoms with Crippen LogP contribution in [0.15, 0.2) is 0 Å². The molecule has 0 bridgehead atoms. The molecule has 0 heterocycles. The van der Waals surface area contributed by atoms with Gasteiger partial charge in [-0.25, -0.2) is 4.79 Å². The number of esters is 1. The van der Waals surface area contributed by atoms with Gasteiger partial charge in [-0.1, -0.05) is 0 Å². The molecule has 4 heteroatoms. The Labute approximate surface area is 79.2 Å². The Bertz CT molecular complexity index is 147. The second-order valence-electron chi connectivity index (χ2n) is 2.77. The van der Waals surface area contributed by atoms with Gasteiger partial charge in [-0.3, -0.25) is 0 Å². The Morgan fingerprint density at radius 1 is 1.38 bits per heavy atom. The molecule has 0 aliphatic carbocycles. The van der Waals surface area contributed by atoms with E-state index in [0.29, 0.717) is 13.2 Å². The fourth-order valence-electron chi connectivity index (χ4n) is 0.893. The lowest BCUT2D eigenvalue weighted by Crippen LogP contribution is -2.28. The Balaban J connectivity index is 3.64. The van der Waals surface area contributed by atoms with Crippen molar-refractivity contribution in [3.63, 3.8) is 0 Å². The minimum absolute atomic E-state index is 0.0888. The summed E-state index contributed by atoms with van der Waals surface area (Å²) >= 11 is 0. The van der Waals surface area contributed by atoms with Gasteiger partial charge in [0.1, 0.15) is 0 Å². The van der Waals surface area contributed by atoms with Crippen molar-refractivity contribution in [3.05, 3.63) is 0 Å². The monoisotopic (exact) mass is 190 g/mol. The van der Waals surface area contributed by atoms with Gasteiger partial charge >= 0.3 is 5.97 Å². The molecule has 0 saturated heterocycles. The molecule has 0 rings (SSSR count).